The Balaban J connectivity index is 2.12. The molecule has 0 aliphatic carbocycles. The van der Waals surface area contributed by atoms with Crippen molar-refractivity contribution in [3.63, 3.8) is 0 Å². The summed E-state index contributed by atoms with van der Waals surface area (Å²) in [6.07, 6.45) is 1.19. The lowest BCUT2D eigenvalue weighted by Crippen LogP contribution is -2.17. The molecule has 5 nitrogen and oxygen atoms in total. The number of benzene rings is 1. The van der Waals surface area contributed by atoms with E-state index in [1.165, 1.54) is 24.4 Å². The van der Waals surface area contributed by atoms with Crippen molar-refractivity contribution in [1.82, 2.24) is 4.98 Å². The van der Waals surface area contributed by atoms with Crippen LogP contribution in [0.25, 0.3) is 0 Å². The van der Waals surface area contributed by atoms with Crippen LogP contribution in [0.5, 0.6) is 0 Å². The summed E-state index contributed by atoms with van der Waals surface area (Å²) in [5.74, 6) is 0.0835. The number of nitrogens with zero attached hydrogens (tertiary/aromatic N) is 3. The third-order valence-corrected chi connectivity index (χ3v) is 3.04. The van der Waals surface area contributed by atoms with Crippen molar-refractivity contribution in [1.29, 1.82) is 0 Å². The van der Waals surface area contributed by atoms with E-state index < -0.39 is 10.7 Å². The molecule has 1 aromatic heterocycles. The normalized spacial score (nSPS) is 10.3. The molecule has 2 aromatic rings. The largest absolute Gasteiger partial charge is 0.355 e. The van der Waals surface area contributed by atoms with Crippen molar-refractivity contribution in [3.8, 4) is 0 Å². The molecule has 2 rings (SSSR count). The van der Waals surface area contributed by atoms with Crippen molar-refractivity contribution in [3.05, 3.63) is 63.0 Å². The molecule has 0 spiro atoms. The summed E-state index contributed by atoms with van der Waals surface area (Å²) in [6.45, 7) is 0.416. The zero-order chi connectivity index (χ0) is 14.7. The van der Waals surface area contributed by atoms with E-state index in [-0.39, 0.29) is 10.7 Å². The molecule has 0 saturated carbocycles. The van der Waals surface area contributed by atoms with Crippen LogP contribution in [0.15, 0.2) is 36.5 Å². The maximum absolute atomic E-state index is 13.3. The molecule has 0 N–H and O–H groups in total. The first kappa shape index (κ1) is 14.2. The Morgan fingerprint density at radius 3 is 2.70 bits per heavy atom. The number of rotatable bonds is 4. The molecule has 0 radical (unpaired) electrons. The third-order valence-electron chi connectivity index (χ3n) is 2.74. The molecule has 1 aromatic carbocycles. The summed E-state index contributed by atoms with van der Waals surface area (Å²) in [5.41, 5.74) is 0.661. The van der Waals surface area contributed by atoms with Crippen molar-refractivity contribution >= 4 is 23.1 Å². The first-order valence-corrected chi connectivity index (χ1v) is 6.10. The minimum absolute atomic E-state index is 0.0697. The number of nitro groups is 1. The fourth-order valence-corrected chi connectivity index (χ4v) is 1.82. The number of hydrogen-bond acceptors (Lipinski definition) is 4. The van der Waals surface area contributed by atoms with Gasteiger partial charge in [0.05, 0.1) is 9.95 Å². The van der Waals surface area contributed by atoms with E-state index in [0.29, 0.717) is 12.4 Å². The lowest BCUT2D eigenvalue weighted by molar-refractivity contribution is -0.385. The van der Waals surface area contributed by atoms with Crippen LogP contribution in [0.4, 0.5) is 15.9 Å². The standard InChI is InChI=1S/C13H11ClFN3O2/c1-17(8-9-2-4-11(14)12(15)6-9)13-5-3-10(7-16-13)18(19)20/h2-7H,8H2,1H3. The van der Waals surface area contributed by atoms with Gasteiger partial charge in [-0.25, -0.2) is 9.37 Å². The third kappa shape index (κ3) is 3.21. The van der Waals surface area contributed by atoms with Crippen LogP contribution in [0, 0.1) is 15.9 Å². The molecule has 0 amide bonds. The highest BCUT2D eigenvalue weighted by molar-refractivity contribution is 6.30. The number of halogens is 2. The molecule has 0 aliphatic rings. The molecule has 0 unspecified atom stereocenters. The summed E-state index contributed by atoms with van der Waals surface area (Å²) in [7, 11) is 1.76. The van der Waals surface area contributed by atoms with Gasteiger partial charge < -0.3 is 4.90 Å². The van der Waals surface area contributed by atoms with E-state index in [2.05, 4.69) is 4.98 Å². The van der Waals surface area contributed by atoms with Gasteiger partial charge >= 0.3 is 0 Å². The smallest absolute Gasteiger partial charge is 0.287 e. The molecule has 0 fully saturated rings. The Morgan fingerprint density at radius 2 is 2.15 bits per heavy atom. The number of aromatic nitrogens is 1. The lowest BCUT2D eigenvalue weighted by Gasteiger charge is -2.18. The van der Waals surface area contributed by atoms with E-state index >= 15 is 0 Å². The van der Waals surface area contributed by atoms with E-state index in [1.54, 1.807) is 24.1 Å². The Morgan fingerprint density at radius 1 is 1.40 bits per heavy atom. The molecule has 7 heteroatoms. The van der Waals surface area contributed by atoms with Crippen LogP contribution in [-0.4, -0.2) is 17.0 Å². The van der Waals surface area contributed by atoms with Crippen LogP contribution < -0.4 is 4.90 Å². The SMILES string of the molecule is CN(Cc1ccc(Cl)c(F)c1)c1ccc([N+](=O)[O-])cn1. The van der Waals surface area contributed by atoms with E-state index in [9.17, 15) is 14.5 Å². The van der Waals surface area contributed by atoms with Gasteiger partial charge in [-0.2, -0.15) is 0 Å². The predicted molar refractivity (Wildman–Crippen MR) is 74.4 cm³/mol. The minimum atomic E-state index is -0.509. The molecule has 1 heterocycles. The molecule has 0 atom stereocenters. The summed E-state index contributed by atoms with van der Waals surface area (Å²) in [6, 6.07) is 7.48. The molecular weight excluding hydrogens is 285 g/mol. The van der Waals surface area contributed by atoms with Crippen LogP contribution in [0.3, 0.4) is 0 Å². The maximum Gasteiger partial charge on any atom is 0.287 e. The summed E-state index contributed by atoms with van der Waals surface area (Å²) >= 11 is 5.62. The highest BCUT2D eigenvalue weighted by Gasteiger charge is 2.09. The topological polar surface area (TPSA) is 59.3 Å². The van der Waals surface area contributed by atoms with Gasteiger partial charge in [0.25, 0.3) is 5.69 Å². The average Bonchev–Trinajstić information content (AvgIpc) is 2.43. The number of anilines is 1. The molecule has 20 heavy (non-hydrogen) atoms. The van der Waals surface area contributed by atoms with Gasteiger partial charge in [0.2, 0.25) is 0 Å². The highest BCUT2D eigenvalue weighted by Crippen LogP contribution is 2.19. The Labute approximate surface area is 119 Å². The number of hydrogen-bond donors (Lipinski definition) is 0. The lowest BCUT2D eigenvalue weighted by atomic mass is 10.2. The van der Waals surface area contributed by atoms with Crippen LogP contribution >= 0.6 is 11.6 Å². The van der Waals surface area contributed by atoms with Crippen LogP contribution in [0.1, 0.15) is 5.56 Å². The van der Waals surface area contributed by atoms with Crippen molar-refractivity contribution in [2.75, 3.05) is 11.9 Å². The van der Waals surface area contributed by atoms with Crippen molar-refractivity contribution in [2.24, 2.45) is 0 Å². The van der Waals surface area contributed by atoms with Gasteiger partial charge in [0, 0.05) is 19.7 Å². The first-order valence-electron chi connectivity index (χ1n) is 5.73. The summed E-state index contributed by atoms with van der Waals surface area (Å²) < 4.78 is 13.3. The van der Waals surface area contributed by atoms with Gasteiger partial charge in [-0.05, 0) is 23.8 Å². The second-order valence-corrected chi connectivity index (χ2v) is 4.64. The minimum Gasteiger partial charge on any atom is -0.355 e. The molecule has 0 aliphatic heterocycles. The average molecular weight is 296 g/mol. The number of pyridine rings is 1. The second-order valence-electron chi connectivity index (χ2n) is 4.24. The fraction of sp³-hybridized carbons (Fsp3) is 0.154. The van der Waals surface area contributed by atoms with E-state index in [0.717, 1.165) is 5.56 Å². The van der Waals surface area contributed by atoms with E-state index in [1.807, 2.05) is 0 Å². The second kappa shape index (κ2) is 5.83. The molecular formula is C13H11ClFN3O2. The molecule has 0 saturated heterocycles. The predicted octanol–water partition coefficient (Wildman–Crippen LogP) is 3.42. The zero-order valence-corrected chi connectivity index (χ0v) is 11.3. The van der Waals surface area contributed by atoms with E-state index in [4.69, 9.17) is 11.6 Å². The maximum atomic E-state index is 13.3. The highest BCUT2D eigenvalue weighted by atomic mass is 35.5. The Kier molecular flexibility index (Phi) is 4.14. The van der Waals surface area contributed by atoms with Crippen molar-refractivity contribution < 1.29 is 9.31 Å². The quantitative estimate of drug-likeness (QED) is 0.640. The Bertz CT molecular complexity index is 634. The molecule has 104 valence electrons. The van der Waals surface area contributed by atoms with Crippen LogP contribution in [-0.2, 0) is 6.54 Å². The van der Waals surface area contributed by atoms with Crippen molar-refractivity contribution in [2.45, 2.75) is 6.54 Å². The van der Waals surface area contributed by atoms with Gasteiger partial charge in [0.15, 0.2) is 0 Å². The molecule has 0 bridgehead atoms. The van der Waals surface area contributed by atoms with Gasteiger partial charge in [0.1, 0.15) is 17.8 Å². The summed E-state index contributed by atoms with van der Waals surface area (Å²) in [4.78, 5) is 15.8. The zero-order valence-electron chi connectivity index (χ0n) is 10.6. The summed E-state index contributed by atoms with van der Waals surface area (Å²) in [5, 5.41) is 10.6. The monoisotopic (exact) mass is 295 g/mol. The van der Waals surface area contributed by atoms with Crippen LogP contribution in [0.2, 0.25) is 5.02 Å². The van der Waals surface area contributed by atoms with Gasteiger partial charge in [-0.3, -0.25) is 10.1 Å². The first-order chi connectivity index (χ1) is 9.47. The van der Waals surface area contributed by atoms with Gasteiger partial charge in [-0.15, -0.1) is 0 Å². The fourth-order valence-electron chi connectivity index (χ4n) is 1.70. The van der Waals surface area contributed by atoms with Gasteiger partial charge in [-0.1, -0.05) is 17.7 Å². The Hall–Kier alpha value is -2.21.